The fraction of sp³-hybridized carbons (Fsp3) is 0.421. The molecule has 1 amide bonds. The fourth-order valence-corrected chi connectivity index (χ4v) is 5.44. The maximum Gasteiger partial charge on any atom is 0.240 e. The highest BCUT2D eigenvalue weighted by atomic mass is 32.2. The lowest BCUT2D eigenvalue weighted by atomic mass is 10.1. The van der Waals surface area contributed by atoms with E-state index in [2.05, 4.69) is 26.4 Å². The predicted octanol–water partition coefficient (Wildman–Crippen LogP) is 3.13. The summed E-state index contributed by atoms with van der Waals surface area (Å²) in [4.78, 5) is 13.8. The van der Waals surface area contributed by atoms with E-state index in [1.165, 1.54) is 6.92 Å². The number of carbonyl (C=O) groups is 1. The minimum absolute atomic E-state index is 0.0486. The summed E-state index contributed by atoms with van der Waals surface area (Å²) in [5.74, 6) is -0.188. The number of benzene rings is 1. The number of amides is 1. The van der Waals surface area contributed by atoms with Crippen molar-refractivity contribution in [2.45, 2.75) is 37.6 Å². The monoisotopic (exact) mass is 407 g/mol. The summed E-state index contributed by atoms with van der Waals surface area (Å²) in [5.41, 5.74) is 2.34. The molecule has 1 aromatic heterocycles. The molecule has 2 N–H and O–H groups in total. The number of aryl methyl sites for hydroxylation is 1. The van der Waals surface area contributed by atoms with E-state index in [4.69, 9.17) is 0 Å². The molecule has 1 aliphatic heterocycles. The zero-order valence-corrected chi connectivity index (χ0v) is 17.2. The molecule has 1 aromatic carbocycles. The van der Waals surface area contributed by atoms with Gasteiger partial charge in [0.05, 0.1) is 4.90 Å². The van der Waals surface area contributed by atoms with Crippen LogP contribution in [0.3, 0.4) is 0 Å². The fourth-order valence-electron chi connectivity index (χ4n) is 3.47. The molecule has 2 aromatic rings. The third-order valence-electron chi connectivity index (χ3n) is 4.76. The van der Waals surface area contributed by atoms with Crippen molar-refractivity contribution in [1.29, 1.82) is 0 Å². The van der Waals surface area contributed by atoms with Crippen molar-refractivity contribution in [2.75, 3.05) is 25.0 Å². The van der Waals surface area contributed by atoms with Crippen LogP contribution in [0.15, 0.2) is 39.9 Å². The Hall–Kier alpha value is -1.74. The number of anilines is 1. The maximum absolute atomic E-state index is 12.9. The summed E-state index contributed by atoms with van der Waals surface area (Å²) < 4.78 is 28.5. The van der Waals surface area contributed by atoms with Gasteiger partial charge >= 0.3 is 0 Å². The Morgan fingerprint density at radius 1 is 1.26 bits per heavy atom. The molecule has 1 fully saturated rings. The molecule has 0 radical (unpaired) electrons. The number of sulfonamides is 1. The van der Waals surface area contributed by atoms with Gasteiger partial charge in [-0.15, -0.1) is 0 Å². The maximum atomic E-state index is 12.9. The summed E-state index contributed by atoms with van der Waals surface area (Å²) in [6, 6.07) is 6.94. The molecule has 3 rings (SSSR count). The summed E-state index contributed by atoms with van der Waals surface area (Å²) >= 11 is 1.63. The van der Waals surface area contributed by atoms with Crippen molar-refractivity contribution in [2.24, 2.45) is 0 Å². The minimum Gasteiger partial charge on any atom is -0.326 e. The Morgan fingerprint density at radius 3 is 2.59 bits per heavy atom. The third kappa shape index (κ3) is 4.95. The molecular weight excluding hydrogens is 382 g/mol. The molecule has 8 heteroatoms. The zero-order valence-electron chi connectivity index (χ0n) is 15.6. The normalized spacial score (nSPS) is 16.4. The van der Waals surface area contributed by atoms with E-state index in [0.29, 0.717) is 17.8 Å². The molecule has 0 saturated carbocycles. The van der Waals surface area contributed by atoms with Gasteiger partial charge in [-0.05, 0) is 79.0 Å². The Balaban J connectivity index is 1.76. The number of thiophene rings is 1. The van der Waals surface area contributed by atoms with E-state index >= 15 is 0 Å². The van der Waals surface area contributed by atoms with Gasteiger partial charge < -0.3 is 5.32 Å². The molecule has 146 valence electrons. The molecule has 1 atom stereocenters. The van der Waals surface area contributed by atoms with Crippen LogP contribution < -0.4 is 10.0 Å². The van der Waals surface area contributed by atoms with Gasteiger partial charge in [0.2, 0.25) is 15.9 Å². The summed E-state index contributed by atoms with van der Waals surface area (Å²) in [6.45, 7) is 5.48. The van der Waals surface area contributed by atoms with Crippen LogP contribution in [-0.2, 0) is 14.8 Å². The first kappa shape index (κ1) is 20.0. The molecule has 1 unspecified atom stereocenters. The van der Waals surface area contributed by atoms with Crippen LogP contribution in [0, 0.1) is 6.92 Å². The lowest BCUT2D eigenvalue weighted by molar-refractivity contribution is -0.114. The first-order chi connectivity index (χ1) is 12.9. The second-order valence-electron chi connectivity index (χ2n) is 6.83. The number of nitrogens with zero attached hydrogens (tertiary/aromatic N) is 1. The van der Waals surface area contributed by atoms with Gasteiger partial charge in [0.15, 0.2) is 0 Å². The predicted molar refractivity (Wildman–Crippen MR) is 109 cm³/mol. The molecule has 6 nitrogen and oxygen atoms in total. The number of hydrogen-bond donors (Lipinski definition) is 2. The first-order valence-electron chi connectivity index (χ1n) is 9.01. The van der Waals surface area contributed by atoms with Crippen LogP contribution in [0.25, 0.3) is 0 Å². The number of nitrogens with one attached hydrogen (secondary N) is 2. The molecule has 0 bridgehead atoms. The summed E-state index contributed by atoms with van der Waals surface area (Å²) in [6.07, 6.45) is 2.30. The van der Waals surface area contributed by atoms with Crippen molar-refractivity contribution < 1.29 is 13.2 Å². The van der Waals surface area contributed by atoms with E-state index in [1.807, 2.05) is 5.38 Å². The SMILES string of the molecule is CC(=O)Nc1ccc(S(=O)(=O)NCC(c2ccsc2)N2CCCC2)c(C)c1. The summed E-state index contributed by atoms with van der Waals surface area (Å²) in [5, 5.41) is 6.78. The molecule has 2 heterocycles. The highest BCUT2D eigenvalue weighted by Crippen LogP contribution is 2.27. The average molecular weight is 408 g/mol. The largest absolute Gasteiger partial charge is 0.326 e. The van der Waals surface area contributed by atoms with Gasteiger partial charge in [-0.1, -0.05) is 0 Å². The second kappa shape index (κ2) is 8.52. The van der Waals surface area contributed by atoms with E-state index in [9.17, 15) is 13.2 Å². The summed E-state index contributed by atoms with van der Waals surface area (Å²) in [7, 11) is -3.64. The lowest BCUT2D eigenvalue weighted by Crippen LogP contribution is -2.36. The van der Waals surface area contributed by atoms with Gasteiger partial charge in [-0.3, -0.25) is 9.69 Å². The van der Waals surface area contributed by atoms with Crippen molar-refractivity contribution >= 4 is 33.0 Å². The number of carbonyl (C=O) groups excluding carboxylic acids is 1. The van der Waals surface area contributed by atoms with Crippen LogP contribution in [0.5, 0.6) is 0 Å². The van der Waals surface area contributed by atoms with Crippen LogP contribution in [0.2, 0.25) is 0 Å². The van der Waals surface area contributed by atoms with Crippen molar-refractivity contribution in [3.63, 3.8) is 0 Å². The highest BCUT2D eigenvalue weighted by molar-refractivity contribution is 7.89. The van der Waals surface area contributed by atoms with Crippen molar-refractivity contribution in [3.8, 4) is 0 Å². The van der Waals surface area contributed by atoms with Crippen molar-refractivity contribution in [1.82, 2.24) is 9.62 Å². The van der Waals surface area contributed by atoms with Gasteiger partial charge in [-0.2, -0.15) is 11.3 Å². The van der Waals surface area contributed by atoms with E-state index in [1.54, 1.807) is 36.5 Å². The van der Waals surface area contributed by atoms with Crippen LogP contribution >= 0.6 is 11.3 Å². The first-order valence-corrected chi connectivity index (χ1v) is 11.4. The quantitative estimate of drug-likeness (QED) is 0.739. The smallest absolute Gasteiger partial charge is 0.240 e. The van der Waals surface area contributed by atoms with Crippen LogP contribution in [0.1, 0.15) is 36.9 Å². The lowest BCUT2D eigenvalue weighted by Gasteiger charge is -2.27. The molecule has 27 heavy (non-hydrogen) atoms. The molecule has 0 spiro atoms. The van der Waals surface area contributed by atoms with Crippen molar-refractivity contribution in [3.05, 3.63) is 46.2 Å². The Kier molecular flexibility index (Phi) is 6.31. The average Bonchev–Trinajstić information content (AvgIpc) is 3.28. The highest BCUT2D eigenvalue weighted by Gasteiger charge is 2.26. The standard InChI is InChI=1S/C19H25N3O3S2/c1-14-11-17(21-15(2)23)5-6-19(14)27(24,25)20-12-18(16-7-10-26-13-16)22-8-3-4-9-22/h5-7,10-11,13,18,20H,3-4,8-9,12H2,1-2H3,(H,21,23). The number of likely N-dealkylation sites (tertiary alicyclic amines) is 1. The molecule has 0 aliphatic carbocycles. The van der Waals surface area contributed by atoms with Gasteiger partial charge in [0, 0.05) is 25.2 Å². The minimum atomic E-state index is -3.64. The van der Waals surface area contributed by atoms with Gasteiger partial charge in [0.25, 0.3) is 0 Å². The molecular formula is C19H25N3O3S2. The van der Waals surface area contributed by atoms with E-state index < -0.39 is 10.0 Å². The zero-order chi connectivity index (χ0) is 19.4. The van der Waals surface area contributed by atoms with Gasteiger partial charge in [0.1, 0.15) is 0 Å². The van der Waals surface area contributed by atoms with E-state index in [0.717, 1.165) is 31.5 Å². The second-order valence-corrected chi connectivity index (χ2v) is 9.34. The number of rotatable bonds is 7. The Bertz CT molecular complexity index is 889. The Morgan fingerprint density at radius 2 is 2.00 bits per heavy atom. The van der Waals surface area contributed by atoms with Crippen LogP contribution in [0.4, 0.5) is 5.69 Å². The van der Waals surface area contributed by atoms with E-state index in [-0.39, 0.29) is 16.8 Å². The Labute approximate surface area is 164 Å². The molecule has 1 saturated heterocycles. The van der Waals surface area contributed by atoms with Crippen LogP contribution in [-0.4, -0.2) is 38.9 Å². The third-order valence-corrected chi connectivity index (χ3v) is 7.05. The number of hydrogen-bond acceptors (Lipinski definition) is 5. The van der Waals surface area contributed by atoms with Gasteiger partial charge in [-0.25, -0.2) is 13.1 Å². The molecule has 1 aliphatic rings. The topological polar surface area (TPSA) is 78.5 Å².